The number of ether oxygens (including phenoxy) is 5. The van der Waals surface area contributed by atoms with Crippen LogP contribution in [0.3, 0.4) is 0 Å². The summed E-state index contributed by atoms with van der Waals surface area (Å²) >= 11 is 0. The Labute approximate surface area is 338 Å². The minimum absolute atomic E-state index is 0.0158. The largest absolute Gasteiger partial charge is 0.490 e. The molecule has 2 atom stereocenters. The van der Waals surface area contributed by atoms with E-state index in [1.165, 1.54) is 17.0 Å². The predicted molar refractivity (Wildman–Crippen MR) is 210 cm³/mol. The first kappa shape index (κ1) is 45.0. The van der Waals surface area contributed by atoms with E-state index in [1.54, 1.807) is 119 Å². The molecule has 17 heteroatoms. The molecule has 0 aliphatic carbocycles. The van der Waals surface area contributed by atoms with Crippen LogP contribution < -0.4 is 10.1 Å². The number of carbonyl (C=O) groups is 6. The van der Waals surface area contributed by atoms with Crippen molar-refractivity contribution >= 4 is 42.0 Å². The number of hydrogen-bond acceptors (Lipinski definition) is 13. The Balaban J connectivity index is 1.57. The van der Waals surface area contributed by atoms with Gasteiger partial charge in [-0.05, 0) is 113 Å². The van der Waals surface area contributed by atoms with Gasteiger partial charge in [-0.15, -0.1) is 5.06 Å². The van der Waals surface area contributed by atoms with Crippen LogP contribution in [-0.2, 0) is 28.6 Å². The number of nitrogens with zero attached hydrogens (tertiary/aromatic N) is 4. The van der Waals surface area contributed by atoms with E-state index in [2.05, 4.69) is 5.32 Å². The molecule has 1 N–H and O–H groups in total. The molecule has 4 rings (SSSR count). The molecule has 2 aromatic carbocycles. The number of rotatable bonds is 10. The molecule has 0 fully saturated rings. The SMILES string of the molecule is CC(C)(C)OC(=O)NCCN(C(=O)OC(C)(C)C)C1=N[C@@H](c2ccc(OC[C@H](ON3C(=O)c4ccccc4C3=O)C(=O)OC(C)(C)C)cc2)CN1C(=O)OC(C)(C)C. The smallest absolute Gasteiger partial charge is 0.417 e. The molecule has 2 aliphatic heterocycles. The van der Waals surface area contributed by atoms with E-state index in [-0.39, 0.29) is 42.5 Å². The molecule has 0 radical (unpaired) electrons. The van der Waals surface area contributed by atoms with E-state index in [0.29, 0.717) is 10.6 Å². The van der Waals surface area contributed by atoms with Gasteiger partial charge in [-0.3, -0.25) is 9.59 Å². The van der Waals surface area contributed by atoms with Gasteiger partial charge in [-0.1, -0.05) is 24.3 Å². The number of fused-ring (bicyclic) bond motifs is 1. The Kier molecular flexibility index (Phi) is 13.5. The monoisotopic (exact) mass is 809 g/mol. The minimum atomic E-state index is -1.51. The Hall–Kier alpha value is -5.71. The van der Waals surface area contributed by atoms with Crippen molar-refractivity contribution in [3.63, 3.8) is 0 Å². The van der Waals surface area contributed by atoms with Crippen molar-refractivity contribution in [1.82, 2.24) is 20.2 Å². The molecule has 316 valence electrons. The average Bonchev–Trinajstić information content (AvgIpc) is 3.61. The lowest BCUT2D eigenvalue weighted by atomic mass is 10.1. The number of guanidine groups is 1. The summed E-state index contributed by atoms with van der Waals surface area (Å²) in [6.07, 6.45) is -3.76. The second-order valence-corrected chi connectivity index (χ2v) is 17.6. The van der Waals surface area contributed by atoms with Crippen LogP contribution >= 0.6 is 0 Å². The third-order valence-corrected chi connectivity index (χ3v) is 7.67. The van der Waals surface area contributed by atoms with Crippen LogP contribution in [0.25, 0.3) is 0 Å². The number of alkyl carbamates (subject to hydrolysis) is 1. The van der Waals surface area contributed by atoms with E-state index < -0.39 is 77.2 Å². The summed E-state index contributed by atoms with van der Waals surface area (Å²) in [5, 5.41) is 3.15. The maximum absolute atomic E-state index is 13.6. The predicted octanol–water partition coefficient (Wildman–Crippen LogP) is 6.41. The first-order valence-electron chi connectivity index (χ1n) is 18.9. The number of esters is 1. The van der Waals surface area contributed by atoms with Gasteiger partial charge in [0.15, 0.2) is 0 Å². The fraction of sp³-hybridized carbons (Fsp3) is 0.537. The van der Waals surface area contributed by atoms with E-state index >= 15 is 0 Å². The molecule has 0 spiro atoms. The van der Waals surface area contributed by atoms with Crippen LogP contribution in [0.2, 0.25) is 0 Å². The molecule has 0 saturated carbocycles. The van der Waals surface area contributed by atoms with E-state index in [4.69, 9.17) is 33.5 Å². The molecule has 0 aromatic heterocycles. The number of hydrogen-bond donors (Lipinski definition) is 1. The van der Waals surface area contributed by atoms with Gasteiger partial charge in [-0.2, -0.15) is 0 Å². The van der Waals surface area contributed by atoms with Gasteiger partial charge in [0, 0.05) is 13.1 Å². The molecule has 0 saturated heterocycles. The number of nitrogens with one attached hydrogen (secondary N) is 1. The lowest BCUT2D eigenvalue weighted by molar-refractivity contribution is -0.193. The quantitative estimate of drug-likeness (QED) is 0.158. The Morgan fingerprint density at radius 3 is 1.81 bits per heavy atom. The van der Waals surface area contributed by atoms with Crippen LogP contribution in [0.4, 0.5) is 14.4 Å². The summed E-state index contributed by atoms with van der Waals surface area (Å²) in [4.78, 5) is 91.7. The van der Waals surface area contributed by atoms with Crippen molar-refractivity contribution in [3.05, 3.63) is 65.2 Å². The highest BCUT2D eigenvalue weighted by atomic mass is 16.7. The molecule has 58 heavy (non-hydrogen) atoms. The van der Waals surface area contributed by atoms with Gasteiger partial charge in [0.25, 0.3) is 11.8 Å². The van der Waals surface area contributed by atoms with Crippen molar-refractivity contribution in [2.24, 2.45) is 4.99 Å². The zero-order valence-corrected chi connectivity index (χ0v) is 35.3. The zero-order valence-electron chi connectivity index (χ0n) is 35.3. The molecule has 5 amide bonds. The summed E-state index contributed by atoms with van der Waals surface area (Å²) in [6, 6.07) is 12.1. The highest BCUT2D eigenvalue weighted by molar-refractivity contribution is 6.20. The molecule has 2 aliphatic rings. The Bertz CT molecular complexity index is 1870. The van der Waals surface area contributed by atoms with E-state index in [0.717, 1.165) is 4.90 Å². The van der Waals surface area contributed by atoms with Gasteiger partial charge < -0.3 is 29.0 Å². The topological polar surface area (TPSA) is 192 Å². The minimum Gasteiger partial charge on any atom is -0.490 e. The van der Waals surface area contributed by atoms with Gasteiger partial charge in [0.2, 0.25) is 12.1 Å². The first-order valence-corrected chi connectivity index (χ1v) is 18.9. The van der Waals surface area contributed by atoms with Crippen LogP contribution in [0.1, 0.15) is 115 Å². The maximum Gasteiger partial charge on any atom is 0.417 e. The molecule has 0 bridgehead atoms. The second kappa shape index (κ2) is 17.4. The summed E-state index contributed by atoms with van der Waals surface area (Å²) in [5.74, 6) is -2.06. The van der Waals surface area contributed by atoms with Crippen LogP contribution in [-0.4, -0.2) is 112 Å². The number of benzene rings is 2. The van der Waals surface area contributed by atoms with Crippen molar-refractivity contribution in [3.8, 4) is 5.75 Å². The highest BCUT2D eigenvalue weighted by Crippen LogP contribution is 2.30. The lowest BCUT2D eigenvalue weighted by Crippen LogP contribution is -2.52. The van der Waals surface area contributed by atoms with Crippen molar-refractivity contribution in [1.29, 1.82) is 0 Å². The van der Waals surface area contributed by atoms with Crippen molar-refractivity contribution < 1.29 is 57.3 Å². The number of aliphatic imine (C=N–C) groups is 1. The van der Waals surface area contributed by atoms with Crippen LogP contribution in [0.15, 0.2) is 53.5 Å². The summed E-state index contributed by atoms with van der Waals surface area (Å²) in [6.45, 7) is 19.8. The first-order chi connectivity index (χ1) is 26.7. The molecule has 2 aromatic rings. The zero-order chi connectivity index (χ0) is 43.4. The van der Waals surface area contributed by atoms with E-state index in [9.17, 15) is 28.8 Å². The number of carbonyl (C=O) groups excluding carboxylic acids is 6. The highest BCUT2D eigenvalue weighted by Gasteiger charge is 2.42. The Morgan fingerprint density at radius 1 is 0.759 bits per heavy atom. The van der Waals surface area contributed by atoms with Gasteiger partial charge in [-0.25, -0.2) is 38.8 Å². The normalized spacial score (nSPS) is 16.3. The van der Waals surface area contributed by atoms with Gasteiger partial charge >= 0.3 is 24.2 Å². The third kappa shape index (κ3) is 12.6. The summed E-state index contributed by atoms with van der Waals surface area (Å²) < 4.78 is 28.1. The fourth-order valence-corrected chi connectivity index (χ4v) is 5.40. The van der Waals surface area contributed by atoms with Crippen LogP contribution in [0.5, 0.6) is 5.75 Å². The standard InChI is InChI=1S/C41H55N5O12/c1-38(2,3)54-33(49)30(58-46-31(47)27-15-13-14-16-28(27)32(46)48)24-53-26-19-17-25(18-20-26)29-23-45(37(52)57-41(10,11)12)34(43-29)44(36(51)56-40(7,8)9)22-21-42-35(50)55-39(4,5)6/h13-20,29-30H,21-24H2,1-12H3,(H,42,50)/t29-,30+/m1/s1. The maximum atomic E-state index is 13.6. The average molecular weight is 810 g/mol. The molecule has 0 unspecified atom stereocenters. The molecule has 17 nitrogen and oxygen atoms in total. The third-order valence-electron chi connectivity index (χ3n) is 7.67. The number of hydroxylamine groups is 2. The number of imide groups is 1. The van der Waals surface area contributed by atoms with Gasteiger partial charge in [0.1, 0.15) is 34.8 Å². The molecular weight excluding hydrogens is 754 g/mol. The summed E-state index contributed by atoms with van der Waals surface area (Å²) in [7, 11) is 0. The van der Waals surface area contributed by atoms with Crippen molar-refractivity contribution in [2.45, 2.75) is 118 Å². The second-order valence-electron chi connectivity index (χ2n) is 17.6. The van der Waals surface area contributed by atoms with E-state index in [1.807, 2.05) is 0 Å². The lowest BCUT2D eigenvalue weighted by Gasteiger charge is -2.31. The van der Waals surface area contributed by atoms with Crippen molar-refractivity contribution in [2.75, 3.05) is 26.2 Å². The number of amides is 5. The molecular formula is C41H55N5O12. The van der Waals surface area contributed by atoms with Gasteiger partial charge in [0.05, 0.1) is 23.7 Å². The Morgan fingerprint density at radius 2 is 1.29 bits per heavy atom. The molecule has 2 heterocycles. The summed E-state index contributed by atoms with van der Waals surface area (Å²) in [5.41, 5.74) is -2.54. The fourth-order valence-electron chi connectivity index (χ4n) is 5.40. The van der Waals surface area contributed by atoms with Crippen LogP contribution in [0, 0.1) is 0 Å².